The molecule has 1 aliphatic carbocycles. The molecule has 0 aromatic heterocycles. The van der Waals surface area contributed by atoms with Gasteiger partial charge in [-0.15, -0.1) is 0 Å². The van der Waals surface area contributed by atoms with Gasteiger partial charge in [0.25, 0.3) is 0 Å². The quantitative estimate of drug-likeness (QED) is 0.695. The molecule has 0 amide bonds. The molecule has 3 nitrogen and oxygen atoms in total. The van der Waals surface area contributed by atoms with Crippen LogP contribution in [0.1, 0.15) is 44.9 Å². The predicted molar refractivity (Wildman–Crippen MR) is 66.6 cm³/mol. The van der Waals surface area contributed by atoms with Crippen LogP contribution in [0.25, 0.3) is 0 Å². The van der Waals surface area contributed by atoms with E-state index in [4.69, 9.17) is 0 Å². The molecule has 2 N–H and O–H groups in total. The summed E-state index contributed by atoms with van der Waals surface area (Å²) in [6.45, 7) is 5.05. The lowest BCUT2D eigenvalue weighted by Gasteiger charge is -2.26. The summed E-state index contributed by atoms with van der Waals surface area (Å²) in [6.07, 6.45) is 8.34. The second kappa shape index (κ2) is 6.58. The zero-order valence-corrected chi connectivity index (χ0v) is 10.3. The van der Waals surface area contributed by atoms with Gasteiger partial charge in [0.2, 0.25) is 0 Å². The number of aliphatic hydroxyl groups excluding tert-OH is 1. The maximum atomic E-state index is 9.41. The van der Waals surface area contributed by atoms with Crippen molar-refractivity contribution in [3.8, 4) is 0 Å². The van der Waals surface area contributed by atoms with Crippen LogP contribution in [0, 0.1) is 0 Å². The molecule has 1 aliphatic heterocycles. The van der Waals surface area contributed by atoms with Crippen molar-refractivity contribution in [2.45, 2.75) is 57.1 Å². The smallest absolute Gasteiger partial charge is 0.0541 e. The number of aliphatic hydroxyl groups is 1. The minimum Gasteiger partial charge on any atom is -0.393 e. The Morgan fingerprint density at radius 3 is 2.44 bits per heavy atom. The highest BCUT2D eigenvalue weighted by Gasteiger charge is 2.18. The number of likely N-dealkylation sites (tertiary alicyclic amines) is 1. The summed E-state index contributed by atoms with van der Waals surface area (Å²) in [4.78, 5) is 2.58. The number of nitrogens with zero attached hydrogens (tertiary/aromatic N) is 1. The van der Waals surface area contributed by atoms with E-state index in [1.807, 2.05) is 0 Å². The van der Waals surface area contributed by atoms with E-state index in [9.17, 15) is 5.11 Å². The van der Waals surface area contributed by atoms with Crippen molar-refractivity contribution >= 4 is 0 Å². The van der Waals surface area contributed by atoms with Crippen LogP contribution in [0.5, 0.6) is 0 Å². The van der Waals surface area contributed by atoms with Gasteiger partial charge in [0.15, 0.2) is 0 Å². The Bertz CT molecular complexity index is 184. The second-order valence-electron chi connectivity index (χ2n) is 5.36. The molecule has 2 rings (SSSR count). The molecule has 0 radical (unpaired) electrons. The van der Waals surface area contributed by atoms with Gasteiger partial charge in [-0.1, -0.05) is 0 Å². The van der Waals surface area contributed by atoms with Crippen molar-refractivity contribution in [3.05, 3.63) is 0 Å². The largest absolute Gasteiger partial charge is 0.393 e. The molecule has 0 spiro atoms. The van der Waals surface area contributed by atoms with Crippen LogP contribution < -0.4 is 5.32 Å². The standard InChI is InChI=1S/C13H26N2O/c16-13-6-4-12(5-7-13)14-8-3-11-15-9-1-2-10-15/h12-14,16H,1-11H2. The van der Waals surface area contributed by atoms with E-state index < -0.39 is 0 Å². The molecule has 2 aliphatic rings. The fourth-order valence-corrected chi connectivity index (χ4v) is 2.90. The first kappa shape index (κ1) is 12.3. The zero-order valence-electron chi connectivity index (χ0n) is 10.3. The Labute approximate surface area is 99.2 Å². The van der Waals surface area contributed by atoms with E-state index in [0.29, 0.717) is 6.04 Å². The third kappa shape index (κ3) is 4.04. The van der Waals surface area contributed by atoms with Crippen molar-refractivity contribution < 1.29 is 5.11 Å². The number of rotatable bonds is 5. The molecule has 0 aromatic carbocycles. The van der Waals surface area contributed by atoms with Crippen molar-refractivity contribution in [2.24, 2.45) is 0 Å². The highest BCUT2D eigenvalue weighted by Crippen LogP contribution is 2.18. The fourth-order valence-electron chi connectivity index (χ4n) is 2.90. The third-order valence-electron chi connectivity index (χ3n) is 3.98. The van der Waals surface area contributed by atoms with Crippen LogP contribution in [0.3, 0.4) is 0 Å². The van der Waals surface area contributed by atoms with Crippen LogP contribution in [-0.4, -0.2) is 48.3 Å². The molecule has 16 heavy (non-hydrogen) atoms. The van der Waals surface area contributed by atoms with Gasteiger partial charge in [-0.05, 0) is 71.1 Å². The Morgan fingerprint density at radius 2 is 1.75 bits per heavy atom. The highest BCUT2D eigenvalue weighted by molar-refractivity contribution is 4.76. The Hall–Kier alpha value is -0.120. The molecule has 0 unspecified atom stereocenters. The summed E-state index contributed by atoms with van der Waals surface area (Å²) >= 11 is 0. The van der Waals surface area contributed by atoms with Crippen molar-refractivity contribution in [1.29, 1.82) is 0 Å². The van der Waals surface area contributed by atoms with E-state index in [1.54, 1.807) is 0 Å². The van der Waals surface area contributed by atoms with E-state index in [2.05, 4.69) is 10.2 Å². The minimum absolute atomic E-state index is 0.0253. The lowest BCUT2D eigenvalue weighted by atomic mass is 9.93. The maximum absolute atomic E-state index is 9.41. The average Bonchev–Trinajstić information content (AvgIpc) is 2.80. The Balaban J connectivity index is 1.48. The monoisotopic (exact) mass is 226 g/mol. The topological polar surface area (TPSA) is 35.5 Å². The van der Waals surface area contributed by atoms with Gasteiger partial charge in [0.1, 0.15) is 0 Å². The van der Waals surface area contributed by atoms with Gasteiger partial charge in [0, 0.05) is 6.04 Å². The van der Waals surface area contributed by atoms with Crippen LogP contribution in [0.15, 0.2) is 0 Å². The first-order valence-electron chi connectivity index (χ1n) is 6.98. The van der Waals surface area contributed by atoms with Crippen molar-refractivity contribution in [1.82, 2.24) is 10.2 Å². The van der Waals surface area contributed by atoms with Crippen molar-refractivity contribution in [3.63, 3.8) is 0 Å². The zero-order chi connectivity index (χ0) is 11.2. The summed E-state index contributed by atoms with van der Waals surface area (Å²) < 4.78 is 0. The lowest BCUT2D eigenvalue weighted by molar-refractivity contribution is 0.116. The first-order valence-corrected chi connectivity index (χ1v) is 6.98. The van der Waals surface area contributed by atoms with Crippen molar-refractivity contribution in [2.75, 3.05) is 26.2 Å². The van der Waals surface area contributed by atoms with Gasteiger partial charge < -0.3 is 15.3 Å². The van der Waals surface area contributed by atoms with E-state index in [-0.39, 0.29) is 6.10 Å². The van der Waals surface area contributed by atoms with Gasteiger partial charge in [-0.25, -0.2) is 0 Å². The Kier molecular flexibility index (Phi) is 5.07. The molecule has 0 bridgehead atoms. The molecule has 94 valence electrons. The lowest BCUT2D eigenvalue weighted by Crippen LogP contribution is -2.36. The molecule has 1 saturated carbocycles. The number of hydrogen-bond acceptors (Lipinski definition) is 3. The van der Waals surface area contributed by atoms with Crippen LogP contribution >= 0.6 is 0 Å². The SMILES string of the molecule is OC1CCC(NCCCN2CCCC2)CC1. The summed E-state index contributed by atoms with van der Waals surface area (Å²) in [5.41, 5.74) is 0. The predicted octanol–water partition coefficient (Wildman–Crippen LogP) is 1.37. The van der Waals surface area contributed by atoms with Gasteiger partial charge in [-0.3, -0.25) is 0 Å². The maximum Gasteiger partial charge on any atom is 0.0541 e. The van der Waals surface area contributed by atoms with Crippen LogP contribution in [0.4, 0.5) is 0 Å². The summed E-state index contributed by atoms with van der Waals surface area (Å²) in [6, 6.07) is 0.668. The fraction of sp³-hybridized carbons (Fsp3) is 1.00. The molecule has 1 saturated heterocycles. The van der Waals surface area contributed by atoms with E-state index >= 15 is 0 Å². The minimum atomic E-state index is -0.0253. The van der Waals surface area contributed by atoms with Crippen LogP contribution in [-0.2, 0) is 0 Å². The highest BCUT2D eigenvalue weighted by atomic mass is 16.3. The van der Waals surface area contributed by atoms with E-state index in [0.717, 1.165) is 32.2 Å². The third-order valence-corrected chi connectivity index (χ3v) is 3.98. The second-order valence-corrected chi connectivity index (χ2v) is 5.36. The summed E-state index contributed by atoms with van der Waals surface area (Å²) in [7, 11) is 0. The molecule has 0 atom stereocenters. The molecule has 0 aromatic rings. The molecule has 3 heteroatoms. The molecule has 1 heterocycles. The molecular weight excluding hydrogens is 200 g/mol. The number of hydrogen-bond donors (Lipinski definition) is 2. The van der Waals surface area contributed by atoms with Gasteiger partial charge >= 0.3 is 0 Å². The average molecular weight is 226 g/mol. The van der Waals surface area contributed by atoms with Crippen LogP contribution in [0.2, 0.25) is 0 Å². The first-order chi connectivity index (χ1) is 7.84. The Morgan fingerprint density at radius 1 is 1.06 bits per heavy atom. The molecule has 2 fully saturated rings. The number of nitrogens with one attached hydrogen (secondary N) is 1. The summed E-state index contributed by atoms with van der Waals surface area (Å²) in [5.74, 6) is 0. The van der Waals surface area contributed by atoms with E-state index in [1.165, 1.54) is 38.9 Å². The normalized spacial score (nSPS) is 32.1. The summed E-state index contributed by atoms with van der Waals surface area (Å²) in [5, 5.41) is 13.0. The van der Waals surface area contributed by atoms with Gasteiger partial charge in [0.05, 0.1) is 6.10 Å². The molecular formula is C13H26N2O. The van der Waals surface area contributed by atoms with Gasteiger partial charge in [-0.2, -0.15) is 0 Å².